The smallest absolute Gasteiger partial charge is 0.0357 e. The van der Waals surface area contributed by atoms with E-state index >= 15 is 0 Å². The van der Waals surface area contributed by atoms with Crippen LogP contribution in [0.4, 0.5) is 0 Å². The summed E-state index contributed by atoms with van der Waals surface area (Å²) in [5, 5.41) is 4.19. The van der Waals surface area contributed by atoms with Crippen LogP contribution in [0.15, 0.2) is 30.3 Å². The molecular formula is C14H23N3. The second kappa shape index (κ2) is 6.15. The lowest BCUT2D eigenvalue weighted by Gasteiger charge is -2.39. The molecule has 1 aromatic carbocycles. The Bertz CT molecular complexity index is 325. The van der Waals surface area contributed by atoms with Crippen molar-refractivity contribution in [2.75, 3.05) is 19.6 Å². The lowest BCUT2D eigenvalue weighted by Crippen LogP contribution is -2.53. The molecule has 0 aromatic heterocycles. The van der Waals surface area contributed by atoms with Crippen LogP contribution in [-0.2, 0) is 0 Å². The van der Waals surface area contributed by atoms with Gasteiger partial charge in [0, 0.05) is 25.6 Å². The summed E-state index contributed by atoms with van der Waals surface area (Å²) in [6, 6.07) is 10.7. The summed E-state index contributed by atoms with van der Waals surface area (Å²) in [5.41, 5.74) is 1.41. The number of hydrogen-bond acceptors (Lipinski definition) is 3. The topological polar surface area (TPSA) is 32.5 Å². The highest BCUT2D eigenvalue weighted by molar-refractivity contribution is 5.20. The highest BCUT2D eigenvalue weighted by atomic mass is 15.8. The van der Waals surface area contributed by atoms with Gasteiger partial charge in [0.25, 0.3) is 0 Å². The number of hydrogen-bond donors (Lipinski definition) is 1. The number of unbranched alkanes of at least 4 members (excludes halogenated alkanes) is 1. The van der Waals surface area contributed by atoms with Crippen LogP contribution in [0.5, 0.6) is 0 Å². The van der Waals surface area contributed by atoms with Crippen LogP contribution >= 0.6 is 0 Å². The molecule has 0 radical (unpaired) electrons. The van der Waals surface area contributed by atoms with Gasteiger partial charge in [0.1, 0.15) is 0 Å². The molecule has 1 atom stereocenters. The van der Waals surface area contributed by atoms with Crippen LogP contribution in [0.1, 0.15) is 37.7 Å². The Kier molecular flexibility index (Phi) is 4.54. The molecule has 1 aliphatic heterocycles. The maximum absolute atomic E-state index is 6.11. The van der Waals surface area contributed by atoms with E-state index in [1.54, 1.807) is 0 Å². The SMILES string of the molecule is CCCCN1CCC(c2ccccc2)CN1N. The number of nitrogens with zero attached hydrogens (tertiary/aromatic N) is 2. The van der Waals surface area contributed by atoms with Gasteiger partial charge in [0.15, 0.2) is 0 Å². The third-order valence-electron chi connectivity index (χ3n) is 3.55. The Morgan fingerprint density at radius 2 is 2.06 bits per heavy atom. The Hall–Kier alpha value is -0.900. The Morgan fingerprint density at radius 1 is 1.29 bits per heavy atom. The summed E-state index contributed by atoms with van der Waals surface area (Å²) in [4.78, 5) is 0. The largest absolute Gasteiger partial charge is 0.255 e. The zero-order valence-corrected chi connectivity index (χ0v) is 10.7. The third kappa shape index (κ3) is 3.28. The fourth-order valence-electron chi connectivity index (χ4n) is 2.44. The molecule has 1 fully saturated rings. The number of rotatable bonds is 4. The third-order valence-corrected chi connectivity index (χ3v) is 3.55. The molecule has 0 saturated carbocycles. The Labute approximate surface area is 104 Å². The van der Waals surface area contributed by atoms with Crippen molar-refractivity contribution in [2.24, 2.45) is 5.84 Å². The average Bonchev–Trinajstić information content (AvgIpc) is 2.38. The van der Waals surface area contributed by atoms with E-state index in [9.17, 15) is 0 Å². The summed E-state index contributed by atoms with van der Waals surface area (Å²) in [6.07, 6.45) is 3.66. The normalized spacial score (nSPS) is 22.8. The zero-order valence-electron chi connectivity index (χ0n) is 10.7. The highest BCUT2D eigenvalue weighted by Crippen LogP contribution is 2.24. The standard InChI is InChI=1S/C14H23N3/c1-2-3-10-16-11-9-14(12-17(16)15)13-7-5-4-6-8-13/h4-8,14H,2-3,9-12,15H2,1H3. The number of nitrogens with two attached hydrogens (primary N) is 1. The lowest BCUT2D eigenvalue weighted by atomic mass is 9.94. The molecule has 3 nitrogen and oxygen atoms in total. The minimum atomic E-state index is 0.582. The predicted octanol–water partition coefficient (Wildman–Crippen LogP) is 2.37. The van der Waals surface area contributed by atoms with Crippen molar-refractivity contribution in [1.82, 2.24) is 10.1 Å². The van der Waals surface area contributed by atoms with E-state index in [4.69, 9.17) is 5.84 Å². The first kappa shape index (κ1) is 12.6. The highest BCUT2D eigenvalue weighted by Gasteiger charge is 2.24. The minimum absolute atomic E-state index is 0.582. The van der Waals surface area contributed by atoms with Gasteiger partial charge >= 0.3 is 0 Å². The molecular weight excluding hydrogens is 210 g/mol. The van der Waals surface area contributed by atoms with Crippen LogP contribution in [0.3, 0.4) is 0 Å². The zero-order chi connectivity index (χ0) is 12.1. The molecule has 1 saturated heterocycles. The maximum Gasteiger partial charge on any atom is 0.0357 e. The van der Waals surface area contributed by atoms with Crippen LogP contribution in [0, 0.1) is 0 Å². The lowest BCUT2D eigenvalue weighted by molar-refractivity contribution is -0.0603. The van der Waals surface area contributed by atoms with Crippen LogP contribution in [0.2, 0.25) is 0 Å². The van der Waals surface area contributed by atoms with E-state index in [0.717, 1.165) is 19.6 Å². The van der Waals surface area contributed by atoms with E-state index in [1.807, 2.05) is 5.12 Å². The van der Waals surface area contributed by atoms with Crippen LogP contribution in [0.25, 0.3) is 0 Å². The summed E-state index contributed by atoms with van der Waals surface area (Å²) in [6.45, 7) is 5.33. The van der Waals surface area contributed by atoms with Gasteiger partial charge in [-0.2, -0.15) is 5.12 Å². The van der Waals surface area contributed by atoms with Gasteiger partial charge in [-0.1, -0.05) is 43.7 Å². The van der Waals surface area contributed by atoms with Gasteiger partial charge in [-0.25, -0.2) is 5.01 Å². The predicted molar refractivity (Wildman–Crippen MR) is 71.2 cm³/mol. The summed E-state index contributed by atoms with van der Waals surface area (Å²) in [5.74, 6) is 6.69. The van der Waals surface area contributed by atoms with Crippen molar-refractivity contribution >= 4 is 0 Å². The summed E-state index contributed by atoms with van der Waals surface area (Å²) < 4.78 is 0. The Balaban J connectivity index is 1.91. The molecule has 17 heavy (non-hydrogen) atoms. The molecule has 2 N–H and O–H groups in total. The molecule has 2 rings (SSSR count). The molecule has 3 heteroatoms. The second-order valence-electron chi connectivity index (χ2n) is 4.83. The molecule has 0 aliphatic carbocycles. The van der Waals surface area contributed by atoms with Gasteiger partial charge in [-0.15, -0.1) is 0 Å². The van der Waals surface area contributed by atoms with E-state index in [0.29, 0.717) is 5.92 Å². The van der Waals surface area contributed by atoms with Gasteiger partial charge in [-0.3, -0.25) is 5.84 Å². The van der Waals surface area contributed by atoms with E-state index in [-0.39, 0.29) is 0 Å². The monoisotopic (exact) mass is 233 g/mol. The first-order valence-corrected chi connectivity index (χ1v) is 6.63. The minimum Gasteiger partial charge on any atom is -0.255 e. The first-order valence-electron chi connectivity index (χ1n) is 6.63. The summed E-state index contributed by atoms with van der Waals surface area (Å²) >= 11 is 0. The molecule has 0 spiro atoms. The van der Waals surface area contributed by atoms with Crippen LogP contribution < -0.4 is 5.84 Å². The first-order chi connectivity index (χ1) is 8.31. The van der Waals surface area contributed by atoms with Crippen molar-refractivity contribution in [1.29, 1.82) is 0 Å². The molecule has 1 heterocycles. The fraction of sp³-hybridized carbons (Fsp3) is 0.571. The average molecular weight is 233 g/mol. The molecule has 1 unspecified atom stereocenters. The molecule has 1 aliphatic rings. The maximum atomic E-state index is 6.11. The number of benzene rings is 1. The van der Waals surface area contributed by atoms with Crippen molar-refractivity contribution in [2.45, 2.75) is 32.1 Å². The fourth-order valence-corrected chi connectivity index (χ4v) is 2.44. The van der Waals surface area contributed by atoms with Gasteiger partial charge < -0.3 is 0 Å². The van der Waals surface area contributed by atoms with Crippen molar-refractivity contribution in [3.63, 3.8) is 0 Å². The van der Waals surface area contributed by atoms with Crippen molar-refractivity contribution in [3.05, 3.63) is 35.9 Å². The van der Waals surface area contributed by atoms with E-state index < -0.39 is 0 Å². The van der Waals surface area contributed by atoms with Crippen LogP contribution in [-0.4, -0.2) is 29.8 Å². The second-order valence-corrected chi connectivity index (χ2v) is 4.83. The molecule has 1 aromatic rings. The molecule has 0 amide bonds. The van der Waals surface area contributed by atoms with Gasteiger partial charge in [0.2, 0.25) is 0 Å². The molecule has 94 valence electrons. The van der Waals surface area contributed by atoms with E-state index in [1.165, 1.54) is 24.8 Å². The van der Waals surface area contributed by atoms with E-state index in [2.05, 4.69) is 42.3 Å². The van der Waals surface area contributed by atoms with Crippen molar-refractivity contribution < 1.29 is 0 Å². The Morgan fingerprint density at radius 3 is 2.71 bits per heavy atom. The quantitative estimate of drug-likeness (QED) is 0.810. The van der Waals surface area contributed by atoms with Crippen molar-refractivity contribution in [3.8, 4) is 0 Å². The van der Waals surface area contributed by atoms with Gasteiger partial charge in [-0.05, 0) is 18.4 Å². The van der Waals surface area contributed by atoms with Gasteiger partial charge in [0.05, 0.1) is 0 Å². The summed E-state index contributed by atoms with van der Waals surface area (Å²) in [7, 11) is 0. The number of hydrazine groups is 2. The molecule has 0 bridgehead atoms.